The first-order valence-corrected chi connectivity index (χ1v) is 7.87. The summed E-state index contributed by atoms with van der Waals surface area (Å²) in [5, 5.41) is 5.14. The molecular weight excluding hydrogens is 355 g/mol. The largest absolute Gasteiger partial charge is 0.481 e. The number of aromatic nitrogens is 1. The number of aryl methyl sites for hydroxylation is 1. The minimum atomic E-state index is -4.53. The van der Waals surface area contributed by atoms with Gasteiger partial charge in [0.15, 0.2) is 6.10 Å². The van der Waals surface area contributed by atoms with Crippen molar-refractivity contribution in [3.05, 3.63) is 23.5 Å². The molecule has 2 heterocycles. The Balaban J connectivity index is 2.14. The molecule has 1 aliphatic heterocycles. The summed E-state index contributed by atoms with van der Waals surface area (Å²) in [5.74, 6) is -0.976. The van der Waals surface area contributed by atoms with Crippen LogP contribution in [0.2, 0.25) is 0 Å². The molecule has 0 radical (unpaired) electrons. The number of alkyl halides is 3. The van der Waals surface area contributed by atoms with Crippen LogP contribution in [-0.2, 0) is 9.53 Å². The molecule has 1 fully saturated rings. The van der Waals surface area contributed by atoms with E-state index in [1.54, 1.807) is 0 Å². The van der Waals surface area contributed by atoms with Crippen molar-refractivity contribution < 1.29 is 32.2 Å². The Labute approximate surface area is 148 Å². The van der Waals surface area contributed by atoms with Gasteiger partial charge in [-0.25, -0.2) is 0 Å². The smallest absolute Gasteiger partial charge is 0.425 e. The van der Waals surface area contributed by atoms with Crippen LogP contribution in [0, 0.1) is 6.92 Å². The summed E-state index contributed by atoms with van der Waals surface area (Å²) in [6, 6.07) is 1.15. The Bertz CT molecular complexity index is 690. The average molecular weight is 375 g/mol. The molecule has 0 aliphatic carbocycles. The van der Waals surface area contributed by atoms with Gasteiger partial charge in [0.05, 0.1) is 25.2 Å². The molecule has 0 aromatic carbocycles. The predicted molar refractivity (Wildman–Crippen MR) is 84.8 cm³/mol. The van der Waals surface area contributed by atoms with Gasteiger partial charge in [-0.3, -0.25) is 14.6 Å². The van der Waals surface area contributed by atoms with Crippen LogP contribution in [0.3, 0.4) is 0 Å². The van der Waals surface area contributed by atoms with E-state index in [1.807, 2.05) is 0 Å². The molecule has 10 heteroatoms. The molecule has 0 spiro atoms. The van der Waals surface area contributed by atoms with Crippen LogP contribution in [0.4, 0.5) is 13.2 Å². The highest BCUT2D eigenvalue weighted by Gasteiger charge is 2.42. The second kappa shape index (κ2) is 7.48. The topological polar surface area (TPSA) is 89.6 Å². The van der Waals surface area contributed by atoms with Gasteiger partial charge < -0.3 is 20.1 Å². The molecular formula is C16H20F3N3O4. The van der Waals surface area contributed by atoms with Crippen molar-refractivity contribution in [2.45, 2.75) is 38.1 Å². The van der Waals surface area contributed by atoms with Crippen molar-refractivity contribution >= 4 is 11.8 Å². The van der Waals surface area contributed by atoms with Crippen LogP contribution < -0.4 is 15.4 Å². The van der Waals surface area contributed by atoms with Gasteiger partial charge in [0.25, 0.3) is 5.91 Å². The number of carbonyl (C=O) groups excluding carboxylic acids is 2. The maximum atomic E-state index is 12.7. The van der Waals surface area contributed by atoms with Crippen molar-refractivity contribution in [2.75, 3.05) is 20.3 Å². The molecule has 0 saturated carbocycles. The maximum Gasteiger partial charge on any atom is 0.425 e. The lowest BCUT2D eigenvalue weighted by Gasteiger charge is -2.41. The van der Waals surface area contributed by atoms with Gasteiger partial charge in [-0.2, -0.15) is 13.2 Å². The van der Waals surface area contributed by atoms with Crippen LogP contribution in [0.1, 0.15) is 29.4 Å². The van der Waals surface area contributed by atoms with Gasteiger partial charge in [-0.05, 0) is 13.8 Å². The zero-order valence-corrected chi connectivity index (χ0v) is 14.6. The number of ether oxygens (including phenoxy) is 2. The van der Waals surface area contributed by atoms with Gasteiger partial charge in [0, 0.05) is 24.9 Å². The lowest BCUT2D eigenvalue weighted by Crippen LogP contribution is -2.63. The number of pyridine rings is 1. The normalized spacial score (nSPS) is 17.0. The third kappa shape index (κ3) is 4.63. The van der Waals surface area contributed by atoms with Crippen LogP contribution in [-0.4, -0.2) is 54.9 Å². The van der Waals surface area contributed by atoms with Gasteiger partial charge in [-0.15, -0.1) is 0 Å². The molecule has 1 saturated heterocycles. The molecule has 1 aromatic rings. The fraction of sp³-hybridized carbons (Fsp3) is 0.562. The number of hydrogen-bond donors (Lipinski definition) is 2. The van der Waals surface area contributed by atoms with E-state index >= 15 is 0 Å². The number of rotatable bonds is 6. The Kier molecular flexibility index (Phi) is 5.74. The van der Waals surface area contributed by atoms with Crippen LogP contribution in [0.5, 0.6) is 5.75 Å². The standard InChI is InChI=1S/C16H20F3N3O4/c1-9-6-21-11(4-12(9)26-10(2)16(17,18)19)14(24)22-15(7-25-8-15)5-13(23)20-3/h4,6,10H,5,7-8H2,1-3H3,(H,20,23)(H,22,24)/t10-/m0/s1. The highest BCUT2D eigenvalue weighted by molar-refractivity contribution is 5.94. The quantitative estimate of drug-likeness (QED) is 0.784. The Morgan fingerprint density at radius 2 is 2.08 bits per heavy atom. The molecule has 144 valence electrons. The minimum absolute atomic E-state index is 0.0234. The molecule has 1 aliphatic rings. The first-order chi connectivity index (χ1) is 12.1. The van der Waals surface area contributed by atoms with Crippen LogP contribution in [0.25, 0.3) is 0 Å². The average Bonchev–Trinajstić information content (AvgIpc) is 2.53. The molecule has 7 nitrogen and oxygen atoms in total. The third-order valence-electron chi connectivity index (χ3n) is 3.96. The van der Waals surface area contributed by atoms with E-state index in [0.29, 0.717) is 5.56 Å². The summed E-state index contributed by atoms with van der Waals surface area (Å²) in [6.07, 6.45) is -5.27. The number of amides is 2. The Morgan fingerprint density at radius 1 is 1.42 bits per heavy atom. The molecule has 2 amide bonds. The van der Waals surface area contributed by atoms with Crippen LogP contribution >= 0.6 is 0 Å². The van der Waals surface area contributed by atoms with E-state index in [4.69, 9.17) is 9.47 Å². The summed E-state index contributed by atoms with van der Waals surface area (Å²) in [7, 11) is 1.48. The van der Waals surface area contributed by atoms with Gasteiger partial charge in [0.1, 0.15) is 11.4 Å². The van der Waals surface area contributed by atoms with Gasteiger partial charge in [-0.1, -0.05) is 0 Å². The molecule has 0 unspecified atom stereocenters. The van der Waals surface area contributed by atoms with Crippen molar-refractivity contribution in [1.82, 2.24) is 15.6 Å². The monoisotopic (exact) mass is 375 g/mol. The number of nitrogens with one attached hydrogen (secondary N) is 2. The first-order valence-electron chi connectivity index (χ1n) is 7.87. The van der Waals surface area contributed by atoms with Gasteiger partial charge in [0.2, 0.25) is 5.91 Å². The van der Waals surface area contributed by atoms with Crippen LogP contribution in [0.15, 0.2) is 12.3 Å². The fourth-order valence-electron chi connectivity index (χ4n) is 2.28. The van der Waals surface area contributed by atoms with E-state index in [0.717, 1.165) is 13.0 Å². The fourth-order valence-corrected chi connectivity index (χ4v) is 2.28. The van der Waals surface area contributed by atoms with E-state index < -0.39 is 23.7 Å². The van der Waals surface area contributed by atoms with E-state index in [-0.39, 0.29) is 37.0 Å². The number of halogens is 3. The summed E-state index contributed by atoms with van der Waals surface area (Å²) in [5.41, 5.74) is -0.600. The zero-order chi connectivity index (χ0) is 19.5. The van der Waals surface area contributed by atoms with Gasteiger partial charge >= 0.3 is 6.18 Å². The molecule has 1 atom stereocenters. The zero-order valence-electron chi connectivity index (χ0n) is 14.6. The van der Waals surface area contributed by atoms with E-state index in [1.165, 1.54) is 20.2 Å². The molecule has 1 aromatic heterocycles. The molecule has 26 heavy (non-hydrogen) atoms. The lowest BCUT2D eigenvalue weighted by atomic mass is 9.92. The third-order valence-corrected chi connectivity index (χ3v) is 3.96. The minimum Gasteiger partial charge on any atom is -0.481 e. The summed E-state index contributed by atoms with van der Waals surface area (Å²) < 4.78 is 48.1. The van der Waals surface area contributed by atoms with E-state index in [9.17, 15) is 22.8 Å². The summed E-state index contributed by atoms with van der Waals surface area (Å²) >= 11 is 0. The first kappa shape index (κ1) is 20.0. The Hall–Kier alpha value is -2.36. The lowest BCUT2D eigenvalue weighted by molar-refractivity contribution is -0.189. The molecule has 0 bridgehead atoms. The van der Waals surface area contributed by atoms with Crippen molar-refractivity contribution in [2.24, 2.45) is 0 Å². The second-order valence-corrected chi connectivity index (χ2v) is 6.21. The number of nitrogens with zero attached hydrogens (tertiary/aromatic N) is 1. The highest BCUT2D eigenvalue weighted by Crippen LogP contribution is 2.27. The summed E-state index contributed by atoms with van der Waals surface area (Å²) in [4.78, 5) is 28.0. The van der Waals surface area contributed by atoms with E-state index in [2.05, 4.69) is 15.6 Å². The molecule has 2 N–H and O–H groups in total. The predicted octanol–water partition coefficient (Wildman–Crippen LogP) is 1.35. The second-order valence-electron chi connectivity index (χ2n) is 6.21. The number of hydrogen-bond acceptors (Lipinski definition) is 5. The Morgan fingerprint density at radius 3 is 2.58 bits per heavy atom. The SMILES string of the molecule is CNC(=O)CC1(NC(=O)c2cc(O[C@@H](C)C(F)(F)F)c(C)cn2)COC1. The van der Waals surface area contributed by atoms with Crippen molar-refractivity contribution in [3.8, 4) is 5.75 Å². The van der Waals surface area contributed by atoms with Crippen molar-refractivity contribution in [1.29, 1.82) is 0 Å². The molecule has 2 rings (SSSR count). The maximum absolute atomic E-state index is 12.7. The van der Waals surface area contributed by atoms with Crippen molar-refractivity contribution in [3.63, 3.8) is 0 Å². The highest BCUT2D eigenvalue weighted by atomic mass is 19.4. The number of carbonyl (C=O) groups is 2. The summed E-state index contributed by atoms with van der Waals surface area (Å²) in [6.45, 7) is 2.72.